The van der Waals surface area contributed by atoms with Crippen molar-refractivity contribution >= 4 is 0 Å². The maximum atomic E-state index is 3.40. The van der Waals surface area contributed by atoms with Gasteiger partial charge in [-0.3, -0.25) is 0 Å². The number of fused-ring (bicyclic) bond motifs is 1. The van der Waals surface area contributed by atoms with E-state index in [1.54, 1.807) is 11.1 Å². The summed E-state index contributed by atoms with van der Waals surface area (Å²) in [5.74, 6) is 0. The molecule has 0 saturated carbocycles. The van der Waals surface area contributed by atoms with Crippen LogP contribution in [0.15, 0.2) is 24.3 Å². The molecule has 1 atom stereocenters. The fraction of sp³-hybridized carbons (Fsp3) is 0.647. The third-order valence-electron chi connectivity index (χ3n) is 4.75. The monoisotopic (exact) mass is 260 g/mol. The van der Waals surface area contributed by atoms with Gasteiger partial charge in [-0.05, 0) is 43.4 Å². The normalized spacial score (nSPS) is 18.7. The van der Waals surface area contributed by atoms with Gasteiger partial charge < -0.3 is 10.2 Å². The molecule has 1 N–H and O–H groups in total. The van der Waals surface area contributed by atoms with Crippen LogP contribution in [0.5, 0.6) is 0 Å². The lowest BCUT2D eigenvalue weighted by molar-refractivity contribution is 0.150. The summed E-state index contributed by atoms with van der Waals surface area (Å²) in [5.41, 5.74) is 3.40. The van der Waals surface area contributed by atoms with Crippen LogP contribution < -0.4 is 5.32 Å². The van der Waals surface area contributed by atoms with E-state index in [4.69, 9.17) is 0 Å². The molecule has 0 saturated heterocycles. The fourth-order valence-electron chi connectivity index (χ4n) is 2.98. The number of hydrogen-bond acceptors (Lipinski definition) is 2. The van der Waals surface area contributed by atoms with E-state index in [0.29, 0.717) is 11.5 Å². The molecule has 0 bridgehead atoms. The first-order chi connectivity index (χ1) is 9.03. The second-order valence-electron chi connectivity index (χ2n) is 6.54. The third-order valence-corrected chi connectivity index (χ3v) is 4.75. The molecule has 0 radical (unpaired) electrons. The lowest BCUT2D eigenvalue weighted by Crippen LogP contribution is -2.46. The van der Waals surface area contributed by atoms with Crippen LogP contribution in [-0.4, -0.2) is 37.6 Å². The molecule has 19 heavy (non-hydrogen) atoms. The van der Waals surface area contributed by atoms with Crippen molar-refractivity contribution in [2.45, 2.75) is 39.7 Å². The predicted molar refractivity (Wildman–Crippen MR) is 82.6 cm³/mol. The van der Waals surface area contributed by atoms with E-state index >= 15 is 0 Å². The van der Waals surface area contributed by atoms with E-state index in [-0.39, 0.29) is 0 Å². The topological polar surface area (TPSA) is 15.3 Å². The quantitative estimate of drug-likeness (QED) is 0.895. The highest BCUT2D eigenvalue weighted by Gasteiger charge is 2.28. The first kappa shape index (κ1) is 14.5. The van der Waals surface area contributed by atoms with Gasteiger partial charge in [-0.1, -0.05) is 38.1 Å². The van der Waals surface area contributed by atoms with E-state index < -0.39 is 0 Å². The van der Waals surface area contributed by atoms with E-state index in [9.17, 15) is 0 Å². The zero-order chi connectivity index (χ0) is 13.9. The Labute approximate surface area is 118 Å². The number of nitrogens with one attached hydrogen (secondary N) is 1. The second kappa shape index (κ2) is 6.06. The SMILES string of the molecule is CNC(C)C(C)(C)CN1CCc2ccccc2CC1. The fourth-order valence-corrected chi connectivity index (χ4v) is 2.98. The maximum Gasteiger partial charge on any atom is 0.00991 e. The highest BCUT2D eigenvalue weighted by molar-refractivity contribution is 5.28. The van der Waals surface area contributed by atoms with Crippen molar-refractivity contribution in [2.75, 3.05) is 26.7 Å². The first-order valence-electron chi connectivity index (χ1n) is 7.49. The molecule has 2 rings (SSSR count). The van der Waals surface area contributed by atoms with Crippen LogP contribution in [-0.2, 0) is 12.8 Å². The molecule has 1 aliphatic rings. The Hall–Kier alpha value is -0.860. The molecule has 1 aliphatic heterocycles. The molecule has 1 unspecified atom stereocenters. The maximum absolute atomic E-state index is 3.40. The predicted octanol–water partition coefficient (Wildman–Crippen LogP) is 2.72. The van der Waals surface area contributed by atoms with Crippen LogP contribution in [0.25, 0.3) is 0 Å². The Morgan fingerprint density at radius 3 is 2.16 bits per heavy atom. The van der Waals surface area contributed by atoms with Gasteiger partial charge in [0, 0.05) is 25.7 Å². The summed E-state index contributed by atoms with van der Waals surface area (Å²) < 4.78 is 0. The molecule has 0 aromatic heterocycles. The van der Waals surface area contributed by atoms with Gasteiger partial charge in [0.2, 0.25) is 0 Å². The Morgan fingerprint density at radius 2 is 1.68 bits per heavy atom. The molecule has 0 fully saturated rings. The highest BCUT2D eigenvalue weighted by atomic mass is 15.1. The highest BCUT2D eigenvalue weighted by Crippen LogP contribution is 2.24. The standard InChI is InChI=1S/C17H28N2/c1-14(18-4)17(2,3)13-19-11-9-15-7-5-6-8-16(15)10-12-19/h5-8,14,18H,9-13H2,1-4H3. The van der Waals surface area contributed by atoms with Crippen LogP contribution >= 0.6 is 0 Å². The second-order valence-corrected chi connectivity index (χ2v) is 6.54. The van der Waals surface area contributed by atoms with Gasteiger partial charge in [0.05, 0.1) is 0 Å². The van der Waals surface area contributed by atoms with E-state index in [2.05, 4.69) is 62.3 Å². The smallest absolute Gasteiger partial charge is 0.00991 e. The average molecular weight is 260 g/mol. The van der Waals surface area contributed by atoms with Gasteiger partial charge in [-0.15, -0.1) is 0 Å². The Balaban J connectivity index is 1.99. The molecule has 0 aliphatic carbocycles. The van der Waals surface area contributed by atoms with Crippen molar-refractivity contribution in [1.82, 2.24) is 10.2 Å². The molecule has 2 nitrogen and oxygen atoms in total. The summed E-state index contributed by atoms with van der Waals surface area (Å²) in [5, 5.41) is 3.40. The molecular weight excluding hydrogens is 232 g/mol. The summed E-state index contributed by atoms with van der Waals surface area (Å²) in [6.07, 6.45) is 2.39. The van der Waals surface area contributed by atoms with E-state index in [1.165, 1.54) is 32.5 Å². The third kappa shape index (κ3) is 3.58. The number of rotatable bonds is 4. The van der Waals surface area contributed by atoms with Crippen molar-refractivity contribution in [3.05, 3.63) is 35.4 Å². The molecule has 0 amide bonds. The van der Waals surface area contributed by atoms with Gasteiger partial charge >= 0.3 is 0 Å². The van der Waals surface area contributed by atoms with Gasteiger partial charge in [-0.25, -0.2) is 0 Å². The van der Waals surface area contributed by atoms with Gasteiger partial charge in [0.1, 0.15) is 0 Å². The summed E-state index contributed by atoms with van der Waals surface area (Å²) in [4.78, 5) is 2.63. The van der Waals surface area contributed by atoms with Crippen molar-refractivity contribution in [2.24, 2.45) is 5.41 Å². The molecular formula is C17H28N2. The molecule has 106 valence electrons. The lowest BCUT2D eigenvalue weighted by atomic mass is 9.85. The minimum absolute atomic E-state index is 0.311. The molecule has 0 spiro atoms. The molecule has 1 heterocycles. The van der Waals surface area contributed by atoms with Crippen molar-refractivity contribution < 1.29 is 0 Å². The summed E-state index contributed by atoms with van der Waals surface area (Å²) >= 11 is 0. The van der Waals surface area contributed by atoms with Crippen LogP contribution in [0, 0.1) is 5.41 Å². The van der Waals surface area contributed by atoms with Gasteiger partial charge in [0.15, 0.2) is 0 Å². The Kier molecular flexibility index (Phi) is 4.64. The largest absolute Gasteiger partial charge is 0.317 e. The zero-order valence-corrected chi connectivity index (χ0v) is 12.9. The van der Waals surface area contributed by atoms with Crippen molar-refractivity contribution in [3.8, 4) is 0 Å². The summed E-state index contributed by atoms with van der Waals surface area (Å²) in [7, 11) is 2.06. The van der Waals surface area contributed by atoms with Gasteiger partial charge in [-0.2, -0.15) is 0 Å². The average Bonchev–Trinajstić information content (AvgIpc) is 2.60. The molecule has 2 heteroatoms. The van der Waals surface area contributed by atoms with Crippen LogP contribution in [0.3, 0.4) is 0 Å². The van der Waals surface area contributed by atoms with Crippen LogP contribution in [0.4, 0.5) is 0 Å². The molecule has 1 aromatic rings. The number of nitrogens with zero attached hydrogens (tertiary/aromatic N) is 1. The van der Waals surface area contributed by atoms with Crippen molar-refractivity contribution in [1.29, 1.82) is 0 Å². The molecule has 1 aromatic carbocycles. The lowest BCUT2D eigenvalue weighted by Gasteiger charge is -2.36. The Morgan fingerprint density at radius 1 is 1.16 bits per heavy atom. The van der Waals surface area contributed by atoms with Gasteiger partial charge in [0.25, 0.3) is 0 Å². The van der Waals surface area contributed by atoms with Crippen LogP contribution in [0.2, 0.25) is 0 Å². The van der Waals surface area contributed by atoms with E-state index in [1.807, 2.05) is 0 Å². The van der Waals surface area contributed by atoms with Crippen molar-refractivity contribution in [3.63, 3.8) is 0 Å². The van der Waals surface area contributed by atoms with E-state index in [0.717, 1.165) is 0 Å². The summed E-state index contributed by atoms with van der Waals surface area (Å²) in [6.45, 7) is 10.6. The Bertz CT molecular complexity index is 384. The zero-order valence-electron chi connectivity index (χ0n) is 12.9. The minimum Gasteiger partial charge on any atom is -0.317 e. The summed E-state index contributed by atoms with van der Waals surface area (Å²) in [6, 6.07) is 9.46. The number of hydrogen-bond donors (Lipinski definition) is 1. The minimum atomic E-state index is 0.311. The number of benzene rings is 1. The first-order valence-corrected chi connectivity index (χ1v) is 7.49. The van der Waals surface area contributed by atoms with Crippen LogP contribution in [0.1, 0.15) is 31.9 Å².